The second-order valence-electron chi connectivity index (χ2n) is 4.51. The molecule has 0 aliphatic carbocycles. The van der Waals surface area contributed by atoms with Gasteiger partial charge in [-0.15, -0.1) is 0 Å². The first-order valence-electron chi connectivity index (χ1n) is 6.02. The minimum Gasteiger partial charge on any atom is -0.381 e. The number of hydrogen-bond donors (Lipinski definition) is 1. The molecule has 1 nitrogen and oxygen atoms in total. The van der Waals surface area contributed by atoms with Crippen LogP contribution in [0.3, 0.4) is 0 Å². The maximum absolute atomic E-state index is 12.6. The molecule has 1 N–H and O–H groups in total. The highest BCUT2D eigenvalue weighted by atomic mass is 79.9. The van der Waals surface area contributed by atoms with Crippen LogP contribution in [0.15, 0.2) is 46.9 Å². The van der Waals surface area contributed by atoms with Gasteiger partial charge in [-0.05, 0) is 48.4 Å². The Morgan fingerprint density at radius 3 is 2.50 bits per heavy atom. The average molecular weight is 344 g/mol. The van der Waals surface area contributed by atoms with Crippen molar-refractivity contribution in [2.75, 3.05) is 5.32 Å². The molecule has 0 saturated heterocycles. The van der Waals surface area contributed by atoms with Crippen molar-refractivity contribution in [1.82, 2.24) is 0 Å². The molecular weight excluding hydrogens is 331 g/mol. The van der Waals surface area contributed by atoms with Crippen LogP contribution < -0.4 is 5.32 Å². The lowest BCUT2D eigenvalue weighted by molar-refractivity contribution is -0.137. The largest absolute Gasteiger partial charge is 0.416 e. The number of benzene rings is 2. The van der Waals surface area contributed by atoms with Gasteiger partial charge in [-0.2, -0.15) is 13.2 Å². The zero-order valence-electron chi connectivity index (χ0n) is 10.8. The number of nitrogens with one attached hydrogen (secondary N) is 1. The highest BCUT2D eigenvalue weighted by molar-refractivity contribution is 9.10. The van der Waals surface area contributed by atoms with E-state index in [1.807, 2.05) is 25.1 Å². The van der Waals surface area contributed by atoms with E-state index in [9.17, 15) is 13.2 Å². The third-order valence-electron chi connectivity index (χ3n) is 2.93. The van der Waals surface area contributed by atoms with Gasteiger partial charge in [0, 0.05) is 16.7 Å². The smallest absolute Gasteiger partial charge is 0.381 e. The fourth-order valence-electron chi connectivity index (χ4n) is 1.88. The van der Waals surface area contributed by atoms with Gasteiger partial charge in [0.2, 0.25) is 0 Å². The Labute approximate surface area is 123 Å². The predicted octanol–water partition coefficient (Wildman–Crippen LogP) is 5.39. The predicted molar refractivity (Wildman–Crippen MR) is 77.6 cm³/mol. The molecule has 0 spiro atoms. The van der Waals surface area contributed by atoms with Crippen molar-refractivity contribution >= 4 is 21.6 Å². The fourth-order valence-corrected chi connectivity index (χ4v) is 2.36. The van der Waals surface area contributed by atoms with E-state index in [2.05, 4.69) is 21.2 Å². The zero-order valence-corrected chi connectivity index (χ0v) is 12.3. The summed E-state index contributed by atoms with van der Waals surface area (Å²) in [5, 5.41) is 3.15. The van der Waals surface area contributed by atoms with E-state index >= 15 is 0 Å². The average Bonchev–Trinajstić information content (AvgIpc) is 2.37. The summed E-state index contributed by atoms with van der Waals surface area (Å²) in [6.45, 7) is 2.30. The van der Waals surface area contributed by atoms with Crippen LogP contribution in [-0.2, 0) is 12.7 Å². The van der Waals surface area contributed by atoms with Crippen molar-refractivity contribution in [3.8, 4) is 0 Å². The molecule has 2 aromatic rings. The van der Waals surface area contributed by atoms with Crippen LogP contribution in [0, 0.1) is 6.92 Å². The molecule has 0 fully saturated rings. The van der Waals surface area contributed by atoms with E-state index in [4.69, 9.17) is 0 Å². The fraction of sp³-hybridized carbons (Fsp3) is 0.200. The monoisotopic (exact) mass is 343 g/mol. The quantitative estimate of drug-likeness (QED) is 0.787. The molecule has 0 atom stereocenters. The van der Waals surface area contributed by atoms with Crippen LogP contribution in [0.2, 0.25) is 0 Å². The molecule has 5 heteroatoms. The Bertz CT molecular complexity index is 608. The molecule has 0 radical (unpaired) electrons. The van der Waals surface area contributed by atoms with Crippen molar-refractivity contribution in [3.63, 3.8) is 0 Å². The molecule has 0 saturated carbocycles. The summed E-state index contributed by atoms with van der Waals surface area (Å²) in [7, 11) is 0. The van der Waals surface area contributed by atoms with E-state index in [1.54, 1.807) is 6.07 Å². The van der Waals surface area contributed by atoms with Gasteiger partial charge in [0.1, 0.15) is 0 Å². The Kier molecular flexibility index (Phi) is 4.38. The first-order valence-corrected chi connectivity index (χ1v) is 6.82. The third kappa shape index (κ3) is 3.76. The van der Waals surface area contributed by atoms with Gasteiger partial charge in [-0.1, -0.05) is 28.1 Å². The number of aryl methyl sites for hydroxylation is 1. The first-order chi connectivity index (χ1) is 9.36. The van der Waals surface area contributed by atoms with Gasteiger partial charge < -0.3 is 5.32 Å². The molecule has 20 heavy (non-hydrogen) atoms. The summed E-state index contributed by atoms with van der Waals surface area (Å²) < 4.78 is 38.8. The van der Waals surface area contributed by atoms with Gasteiger partial charge in [0.25, 0.3) is 0 Å². The summed E-state index contributed by atoms with van der Waals surface area (Å²) in [6, 6.07) is 11.1. The molecule has 2 rings (SSSR count). The Hall–Kier alpha value is -1.49. The molecule has 0 aliphatic heterocycles. The Morgan fingerprint density at radius 1 is 1.10 bits per heavy atom. The standard InChI is InChI=1S/C15H13BrF3N/c1-10-7-13(16)5-6-14(10)20-9-11-3-2-4-12(8-11)15(17,18)19/h2-8,20H,9H2,1H3. The summed E-state index contributed by atoms with van der Waals surface area (Å²) in [5.41, 5.74) is 1.92. The van der Waals surface area contributed by atoms with Crippen molar-refractivity contribution in [2.45, 2.75) is 19.6 Å². The van der Waals surface area contributed by atoms with E-state index < -0.39 is 11.7 Å². The van der Waals surface area contributed by atoms with E-state index in [-0.39, 0.29) is 0 Å². The molecule has 0 amide bonds. The minimum atomic E-state index is -4.30. The van der Waals surface area contributed by atoms with Crippen LogP contribution in [-0.4, -0.2) is 0 Å². The van der Waals surface area contributed by atoms with Gasteiger partial charge >= 0.3 is 6.18 Å². The summed E-state index contributed by atoms with van der Waals surface area (Å²) in [4.78, 5) is 0. The molecular formula is C15H13BrF3N. The van der Waals surface area contributed by atoms with Gasteiger partial charge in [0.15, 0.2) is 0 Å². The van der Waals surface area contributed by atoms with E-state index in [1.165, 1.54) is 12.1 Å². The van der Waals surface area contributed by atoms with E-state index in [0.717, 1.165) is 21.8 Å². The van der Waals surface area contributed by atoms with Crippen molar-refractivity contribution in [3.05, 3.63) is 63.6 Å². The summed E-state index contributed by atoms with van der Waals surface area (Å²) >= 11 is 3.37. The van der Waals surface area contributed by atoms with Crippen molar-refractivity contribution < 1.29 is 13.2 Å². The van der Waals surface area contributed by atoms with Crippen molar-refractivity contribution in [2.24, 2.45) is 0 Å². The molecule has 0 bridgehead atoms. The summed E-state index contributed by atoms with van der Waals surface area (Å²) in [5.74, 6) is 0. The SMILES string of the molecule is Cc1cc(Br)ccc1NCc1cccc(C(F)(F)F)c1. The highest BCUT2D eigenvalue weighted by Gasteiger charge is 2.30. The Morgan fingerprint density at radius 2 is 1.85 bits per heavy atom. The molecule has 0 heterocycles. The molecule has 2 aromatic carbocycles. The van der Waals surface area contributed by atoms with Crippen LogP contribution in [0.1, 0.15) is 16.7 Å². The molecule has 0 aromatic heterocycles. The lowest BCUT2D eigenvalue weighted by atomic mass is 10.1. The van der Waals surface area contributed by atoms with Crippen molar-refractivity contribution in [1.29, 1.82) is 0 Å². The minimum absolute atomic E-state index is 0.354. The zero-order chi connectivity index (χ0) is 14.8. The number of halogens is 4. The number of alkyl halides is 3. The molecule has 0 aliphatic rings. The lowest BCUT2D eigenvalue weighted by Gasteiger charge is -2.12. The van der Waals surface area contributed by atoms with Crippen LogP contribution >= 0.6 is 15.9 Å². The van der Waals surface area contributed by atoms with Crippen LogP contribution in [0.5, 0.6) is 0 Å². The van der Waals surface area contributed by atoms with Crippen LogP contribution in [0.25, 0.3) is 0 Å². The third-order valence-corrected chi connectivity index (χ3v) is 3.42. The normalized spacial score (nSPS) is 11.4. The highest BCUT2D eigenvalue weighted by Crippen LogP contribution is 2.29. The van der Waals surface area contributed by atoms with Gasteiger partial charge in [-0.3, -0.25) is 0 Å². The first kappa shape index (κ1) is 14.9. The molecule has 0 unspecified atom stereocenters. The van der Waals surface area contributed by atoms with Crippen LogP contribution in [0.4, 0.5) is 18.9 Å². The number of rotatable bonds is 3. The number of anilines is 1. The van der Waals surface area contributed by atoms with Gasteiger partial charge in [0.05, 0.1) is 5.56 Å². The maximum Gasteiger partial charge on any atom is 0.416 e. The second-order valence-corrected chi connectivity index (χ2v) is 5.43. The summed E-state index contributed by atoms with van der Waals surface area (Å²) in [6.07, 6.45) is -4.30. The maximum atomic E-state index is 12.6. The molecule has 106 valence electrons. The number of hydrogen-bond acceptors (Lipinski definition) is 1. The topological polar surface area (TPSA) is 12.0 Å². The Balaban J connectivity index is 2.11. The van der Waals surface area contributed by atoms with E-state index in [0.29, 0.717) is 12.1 Å². The second kappa shape index (κ2) is 5.87. The van der Waals surface area contributed by atoms with Gasteiger partial charge in [-0.25, -0.2) is 0 Å². The lowest BCUT2D eigenvalue weighted by Crippen LogP contribution is -2.07.